The highest BCUT2D eigenvalue weighted by molar-refractivity contribution is 7.99. The van der Waals surface area contributed by atoms with E-state index < -0.39 is 0 Å². The van der Waals surface area contributed by atoms with E-state index >= 15 is 0 Å². The number of aliphatic hydroxyl groups excluding tert-OH is 1. The van der Waals surface area contributed by atoms with Crippen molar-refractivity contribution in [1.82, 2.24) is 0 Å². The van der Waals surface area contributed by atoms with Gasteiger partial charge in [-0.25, -0.2) is 4.39 Å². The van der Waals surface area contributed by atoms with Crippen LogP contribution in [0.15, 0.2) is 23.1 Å². The maximum Gasteiger partial charge on any atom is 0.125 e. The molecule has 2 N–H and O–H groups in total. The zero-order chi connectivity index (χ0) is 10.7. The highest BCUT2D eigenvalue weighted by atomic mass is 32.2. The third-order valence-corrected chi connectivity index (χ3v) is 3.69. The van der Waals surface area contributed by atoms with Gasteiger partial charge in [-0.15, -0.1) is 11.8 Å². The van der Waals surface area contributed by atoms with Gasteiger partial charge in [0.1, 0.15) is 5.82 Å². The molecule has 1 unspecified atom stereocenters. The first-order valence-electron chi connectivity index (χ1n) is 5.09. The van der Waals surface area contributed by atoms with E-state index in [1.807, 2.05) is 6.07 Å². The van der Waals surface area contributed by atoms with Gasteiger partial charge in [0.15, 0.2) is 0 Å². The zero-order valence-electron chi connectivity index (χ0n) is 8.37. The van der Waals surface area contributed by atoms with E-state index in [9.17, 15) is 4.39 Å². The van der Waals surface area contributed by atoms with E-state index in [4.69, 9.17) is 5.11 Å². The Kier molecular flexibility index (Phi) is 3.49. The molecule has 2 nitrogen and oxygen atoms in total. The van der Waals surface area contributed by atoms with E-state index in [0.29, 0.717) is 6.04 Å². The van der Waals surface area contributed by atoms with E-state index in [2.05, 4.69) is 5.32 Å². The summed E-state index contributed by atoms with van der Waals surface area (Å²) in [6, 6.07) is 5.18. The van der Waals surface area contributed by atoms with Crippen LogP contribution >= 0.6 is 11.8 Å². The van der Waals surface area contributed by atoms with Gasteiger partial charge in [-0.1, -0.05) is 0 Å². The van der Waals surface area contributed by atoms with Gasteiger partial charge in [0.25, 0.3) is 0 Å². The van der Waals surface area contributed by atoms with Gasteiger partial charge >= 0.3 is 0 Å². The molecule has 0 saturated heterocycles. The van der Waals surface area contributed by atoms with Crippen LogP contribution in [0.2, 0.25) is 0 Å². The van der Waals surface area contributed by atoms with Crippen molar-refractivity contribution in [2.45, 2.75) is 23.8 Å². The van der Waals surface area contributed by atoms with Gasteiger partial charge in [0, 0.05) is 23.3 Å². The molecule has 15 heavy (non-hydrogen) atoms. The fourth-order valence-corrected chi connectivity index (χ4v) is 2.75. The molecule has 0 fully saturated rings. The minimum atomic E-state index is -0.204. The van der Waals surface area contributed by atoms with Crippen LogP contribution in [0, 0.1) is 5.82 Å². The number of rotatable bonds is 3. The van der Waals surface area contributed by atoms with Crippen molar-refractivity contribution >= 4 is 17.4 Å². The largest absolute Gasteiger partial charge is 0.396 e. The summed E-state index contributed by atoms with van der Waals surface area (Å²) >= 11 is 1.75. The number of halogens is 1. The van der Waals surface area contributed by atoms with Crippen molar-refractivity contribution in [2.75, 3.05) is 17.7 Å². The first kappa shape index (κ1) is 10.8. The topological polar surface area (TPSA) is 32.3 Å². The Balaban J connectivity index is 2.05. The lowest BCUT2D eigenvalue weighted by Crippen LogP contribution is -2.26. The van der Waals surface area contributed by atoms with Crippen LogP contribution in [0.25, 0.3) is 0 Å². The van der Waals surface area contributed by atoms with Crippen LogP contribution in [-0.2, 0) is 0 Å². The maximum atomic E-state index is 13.0. The van der Waals surface area contributed by atoms with Crippen LogP contribution in [-0.4, -0.2) is 23.5 Å². The summed E-state index contributed by atoms with van der Waals surface area (Å²) in [4.78, 5) is 1.11. The smallest absolute Gasteiger partial charge is 0.125 e. The predicted molar refractivity (Wildman–Crippen MR) is 60.9 cm³/mol. The molecule has 0 saturated carbocycles. The fraction of sp³-hybridized carbons (Fsp3) is 0.455. The average Bonchev–Trinajstić information content (AvgIpc) is 2.25. The predicted octanol–water partition coefficient (Wildman–Crippen LogP) is 2.48. The van der Waals surface area contributed by atoms with Crippen molar-refractivity contribution in [3.05, 3.63) is 24.0 Å². The lowest BCUT2D eigenvalue weighted by molar-refractivity contribution is 0.282. The Labute approximate surface area is 92.9 Å². The van der Waals surface area contributed by atoms with Gasteiger partial charge < -0.3 is 10.4 Å². The van der Waals surface area contributed by atoms with Crippen molar-refractivity contribution in [2.24, 2.45) is 0 Å². The van der Waals surface area contributed by atoms with Gasteiger partial charge in [-0.05, 0) is 31.0 Å². The van der Waals surface area contributed by atoms with Crippen LogP contribution < -0.4 is 5.32 Å². The van der Waals surface area contributed by atoms with Crippen LogP contribution in [0.4, 0.5) is 10.1 Å². The second kappa shape index (κ2) is 4.86. The Morgan fingerprint density at radius 2 is 2.40 bits per heavy atom. The van der Waals surface area contributed by atoms with Gasteiger partial charge in [-0.3, -0.25) is 0 Å². The van der Waals surface area contributed by atoms with Crippen LogP contribution in [0.1, 0.15) is 12.8 Å². The fourth-order valence-electron chi connectivity index (χ4n) is 1.69. The number of hydrogen-bond acceptors (Lipinski definition) is 3. The lowest BCUT2D eigenvalue weighted by Gasteiger charge is -2.26. The second-order valence-electron chi connectivity index (χ2n) is 3.66. The second-order valence-corrected chi connectivity index (χ2v) is 4.72. The van der Waals surface area contributed by atoms with Crippen molar-refractivity contribution in [1.29, 1.82) is 0 Å². The van der Waals surface area contributed by atoms with Crippen molar-refractivity contribution in [3.63, 3.8) is 0 Å². The number of benzene rings is 1. The molecular weight excluding hydrogens is 213 g/mol. The normalized spacial score (nSPS) is 19.5. The van der Waals surface area contributed by atoms with E-state index in [1.54, 1.807) is 11.8 Å². The molecule has 0 amide bonds. The molecule has 0 spiro atoms. The maximum absolute atomic E-state index is 13.0. The summed E-state index contributed by atoms with van der Waals surface area (Å²) in [5.41, 5.74) is 0.884. The molecule has 1 aromatic rings. The first-order chi connectivity index (χ1) is 7.29. The Bertz CT molecular complexity index is 345. The standard InChI is InChI=1S/C11H14FNOS/c12-8-3-4-11-10(6-8)13-9(7-15-11)2-1-5-14/h3-4,6,9,13-14H,1-2,5,7H2. The van der Waals surface area contributed by atoms with E-state index in [0.717, 1.165) is 29.2 Å². The molecule has 0 bridgehead atoms. The number of nitrogens with one attached hydrogen (secondary N) is 1. The Morgan fingerprint density at radius 3 is 3.20 bits per heavy atom. The number of thioether (sulfide) groups is 1. The molecule has 2 rings (SSSR count). The lowest BCUT2D eigenvalue weighted by atomic mass is 10.1. The van der Waals surface area contributed by atoms with Crippen LogP contribution in [0.3, 0.4) is 0 Å². The number of aliphatic hydroxyl groups is 1. The van der Waals surface area contributed by atoms with Crippen molar-refractivity contribution < 1.29 is 9.50 Å². The van der Waals surface area contributed by atoms with Gasteiger partial charge in [-0.2, -0.15) is 0 Å². The summed E-state index contributed by atoms with van der Waals surface area (Å²) in [6.07, 6.45) is 1.72. The van der Waals surface area contributed by atoms with E-state index in [-0.39, 0.29) is 12.4 Å². The number of fused-ring (bicyclic) bond motifs is 1. The molecule has 1 aromatic carbocycles. The molecule has 0 aliphatic carbocycles. The molecule has 1 aliphatic rings. The monoisotopic (exact) mass is 227 g/mol. The minimum Gasteiger partial charge on any atom is -0.396 e. The molecule has 0 aromatic heterocycles. The quantitative estimate of drug-likeness (QED) is 0.832. The third-order valence-electron chi connectivity index (χ3n) is 2.45. The highest BCUT2D eigenvalue weighted by Gasteiger charge is 2.17. The molecule has 1 aliphatic heterocycles. The Morgan fingerprint density at radius 1 is 1.53 bits per heavy atom. The number of hydrogen-bond donors (Lipinski definition) is 2. The summed E-state index contributed by atoms with van der Waals surface area (Å²) in [5, 5.41) is 12.0. The summed E-state index contributed by atoms with van der Waals surface area (Å²) in [7, 11) is 0. The van der Waals surface area contributed by atoms with Gasteiger partial charge in [0.05, 0.1) is 5.69 Å². The van der Waals surface area contributed by atoms with Crippen molar-refractivity contribution in [3.8, 4) is 0 Å². The first-order valence-corrected chi connectivity index (χ1v) is 6.08. The molecule has 4 heteroatoms. The highest BCUT2D eigenvalue weighted by Crippen LogP contribution is 2.34. The summed E-state index contributed by atoms with van der Waals surface area (Å²) in [6.45, 7) is 0.221. The molecule has 0 radical (unpaired) electrons. The summed E-state index contributed by atoms with van der Waals surface area (Å²) < 4.78 is 13.0. The molecule has 82 valence electrons. The summed E-state index contributed by atoms with van der Waals surface area (Å²) in [5.74, 6) is 0.781. The van der Waals surface area contributed by atoms with Gasteiger partial charge in [0.2, 0.25) is 0 Å². The minimum absolute atomic E-state index is 0.204. The number of anilines is 1. The molecule has 1 atom stereocenters. The van der Waals surface area contributed by atoms with E-state index in [1.165, 1.54) is 12.1 Å². The third kappa shape index (κ3) is 2.63. The Hall–Kier alpha value is -0.740. The van der Waals surface area contributed by atoms with Crippen LogP contribution in [0.5, 0.6) is 0 Å². The average molecular weight is 227 g/mol. The molecular formula is C11H14FNOS. The SMILES string of the molecule is OCCCC1CSc2ccc(F)cc2N1. The molecule has 1 heterocycles. The zero-order valence-corrected chi connectivity index (χ0v) is 9.19.